The molecule has 0 aliphatic carbocycles. The van der Waals surface area contributed by atoms with Crippen molar-refractivity contribution < 1.29 is 4.79 Å². The molecule has 1 atom stereocenters. The molecule has 0 saturated heterocycles. The third kappa shape index (κ3) is 3.20. The van der Waals surface area contributed by atoms with Crippen molar-refractivity contribution in [2.24, 2.45) is 5.73 Å². The molecular weight excluding hydrogens is 324 g/mol. The summed E-state index contributed by atoms with van der Waals surface area (Å²) in [4.78, 5) is 16.2. The van der Waals surface area contributed by atoms with Crippen LogP contribution in [0.2, 0.25) is 5.02 Å². The minimum Gasteiger partial charge on any atom is -0.368 e. The van der Waals surface area contributed by atoms with Gasteiger partial charge in [-0.1, -0.05) is 53.7 Å². The first kappa shape index (κ1) is 14.4. The van der Waals surface area contributed by atoms with E-state index in [0.717, 1.165) is 20.1 Å². The molecule has 0 aliphatic heterocycles. The Balaban J connectivity index is 1.93. The molecule has 0 aliphatic rings. The number of carbonyl (C=O) groups excluding carboxylic acids is 1. The van der Waals surface area contributed by atoms with Crippen LogP contribution in [0.3, 0.4) is 0 Å². The molecule has 3 rings (SSSR count). The van der Waals surface area contributed by atoms with Crippen LogP contribution < -0.4 is 5.73 Å². The molecule has 6 heteroatoms. The molecule has 3 aromatic rings. The van der Waals surface area contributed by atoms with E-state index in [-0.39, 0.29) is 5.91 Å². The van der Waals surface area contributed by atoms with Crippen LogP contribution in [0.1, 0.15) is 10.8 Å². The van der Waals surface area contributed by atoms with Crippen molar-refractivity contribution in [2.75, 3.05) is 0 Å². The second-order valence-corrected chi connectivity index (χ2v) is 7.22. The van der Waals surface area contributed by atoms with E-state index in [0.29, 0.717) is 5.02 Å². The first-order chi connectivity index (χ1) is 10.1. The summed E-state index contributed by atoms with van der Waals surface area (Å²) in [5, 5.41) is 0.209. The zero-order valence-electron chi connectivity index (χ0n) is 10.8. The van der Waals surface area contributed by atoms with Gasteiger partial charge in [0.05, 0.1) is 10.2 Å². The molecule has 2 aromatic carbocycles. The standard InChI is InChI=1S/C15H11ClN2OS2/c16-10-6-7-12-11(8-10)18-15(20-12)21-13(14(17)19)9-4-2-1-3-5-9/h1-8,13H,(H2,17,19)/t13-/m0/s1. The minimum atomic E-state index is -0.442. The summed E-state index contributed by atoms with van der Waals surface area (Å²) in [6.45, 7) is 0. The lowest BCUT2D eigenvalue weighted by Gasteiger charge is -2.11. The molecule has 0 saturated carbocycles. The Kier molecular flexibility index (Phi) is 4.14. The SMILES string of the molecule is NC(=O)[C@@H](Sc1nc2cc(Cl)ccc2s1)c1ccccc1. The van der Waals surface area contributed by atoms with E-state index in [1.807, 2.05) is 48.5 Å². The molecule has 0 bridgehead atoms. The van der Waals surface area contributed by atoms with Crippen molar-refractivity contribution in [1.29, 1.82) is 0 Å². The fourth-order valence-corrected chi connectivity index (χ4v) is 4.31. The number of primary amides is 1. The van der Waals surface area contributed by atoms with Crippen LogP contribution in [0.4, 0.5) is 0 Å². The predicted octanol–water partition coefficient (Wildman–Crippen LogP) is 4.27. The number of hydrogen-bond acceptors (Lipinski definition) is 4. The minimum absolute atomic E-state index is 0.372. The summed E-state index contributed by atoms with van der Waals surface area (Å²) in [5.41, 5.74) is 7.25. The fourth-order valence-electron chi connectivity index (χ4n) is 1.95. The van der Waals surface area contributed by atoms with Gasteiger partial charge in [-0.25, -0.2) is 4.98 Å². The lowest BCUT2D eigenvalue weighted by Crippen LogP contribution is -2.18. The number of hydrogen-bond donors (Lipinski definition) is 1. The highest BCUT2D eigenvalue weighted by Gasteiger charge is 2.21. The number of aromatic nitrogens is 1. The topological polar surface area (TPSA) is 56.0 Å². The Bertz CT molecular complexity index is 789. The van der Waals surface area contributed by atoms with Gasteiger partial charge < -0.3 is 5.73 Å². The maximum Gasteiger partial charge on any atom is 0.235 e. The van der Waals surface area contributed by atoms with E-state index in [1.165, 1.54) is 23.1 Å². The Labute approximate surface area is 135 Å². The van der Waals surface area contributed by atoms with Crippen LogP contribution in [0.25, 0.3) is 10.2 Å². The lowest BCUT2D eigenvalue weighted by atomic mass is 10.1. The molecular formula is C15H11ClN2OS2. The maximum absolute atomic E-state index is 11.7. The van der Waals surface area contributed by atoms with Gasteiger partial charge in [-0.3, -0.25) is 4.79 Å². The predicted molar refractivity (Wildman–Crippen MR) is 88.9 cm³/mol. The number of halogens is 1. The van der Waals surface area contributed by atoms with Crippen molar-refractivity contribution >= 4 is 50.8 Å². The van der Waals surface area contributed by atoms with Crippen LogP contribution in [0.15, 0.2) is 52.9 Å². The summed E-state index contributed by atoms with van der Waals surface area (Å²) in [6.07, 6.45) is 0. The third-order valence-electron chi connectivity index (χ3n) is 2.91. The number of nitrogens with two attached hydrogens (primary N) is 1. The zero-order chi connectivity index (χ0) is 14.8. The molecule has 106 valence electrons. The summed E-state index contributed by atoms with van der Waals surface area (Å²) in [6, 6.07) is 15.1. The quantitative estimate of drug-likeness (QED) is 0.725. The summed E-state index contributed by atoms with van der Waals surface area (Å²) in [5.74, 6) is -0.372. The number of nitrogens with zero attached hydrogens (tertiary/aromatic N) is 1. The van der Waals surface area contributed by atoms with Gasteiger partial charge in [0.1, 0.15) is 5.25 Å². The smallest absolute Gasteiger partial charge is 0.235 e. The van der Waals surface area contributed by atoms with Crippen molar-refractivity contribution in [3.05, 3.63) is 59.1 Å². The molecule has 1 aromatic heterocycles. The van der Waals surface area contributed by atoms with E-state index >= 15 is 0 Å². The number of fused-ring (bicyclic) bond motifs is 1. The second kappa shape index (κ2) is 6.05. The van der Waals surface area contributed by atoms with E-state index < -0.39 is 5.25 Å². The lowest BCUT2D eigenvalue weighted by molar-refractivity contribution is -0.117. The van der Waals surface area contributed by atoms with E-state index in [9.17, 15) is 4.79 Å². The fraction of sp³-hybridized carbons (Fsp3) is 0.0667. The van der Waals surface area contributed by atoms with Gasteiger partial charge in [-0.15, -0.1) is 11.3 Å². The summed E-state index contributed by atoms with van der Waals surface area (Å²) >= 11 is 8.87. The molecule has 21 heavy (non-hydrogen) atoms. The Hall–Kier alpha value is -1.56. The van der Waals surface area contributed by atoms with Crippen LogP contribution >= 0.6 is 34.7 Å². The maximum atomic E-state index is 11.7. The van der Waals surface area contributed by atoms with Crippen molar-refractivity contribution in [2.45, 2.75) is 9.59 Å². The van der Waals surface area contributed by atoms with Gasteiger partial charge in [0.15, 0.2) is 4.34 Å². The van der Waals surface area contributed by atoms with Crippen molar-refractivity contribution in [1.82, 2.24) is 4.98 Å². The number of rotatable bonds is 4. The zero-order valence-corrected chi connectivity index (χ0v) is 13.2. The highest BCUT2D eigenvalue weighted by Crippen LogP contribution is 2.39. The van der Waals surface area contributed by atoms with Crippen molar-refractivity contribution in [3.8, 4) is 0 Å². The van der Waals surface area contributed by atoms with Gasteiger partial charge in [0, 0.05) is 5.02 Å². The first-order valence-electron chi connectivity index (χ1n) is 6.20. The second-order valence-electron chi connectivity index (χ2n) is 4.40. The number of amides is 1. The van der Waals surface area contributed by atoms with E-state index in [1.54, 1.807) is 0 Å². The Morgan fingerprint density at radius 1 is 1.24 bits per heavy atom. The van der Waals surface area contributed by atoms with Gasteiger partial charge in [-0.05, 0) is 23.8 Å². The van der Waals surface area contributed by atoms with Crippen LogP contribution in [0.5, 0.6) is 0 Å². The van der Waals surface area contributed by atoms with Crippen molar-refractivity contribution in [3.63, 3.8) is 0 Å². The number of carbonyl (C=O) groups is 1. The normalized spacial score (nSPS) is 12.4. The van der Waals surface area contributed by atoms with Crippen LogP contribution in [-0.2, 0) is 4.79 Å². The van der Waals surface area contributed by atoms with Crippen LogP contribution in [0, 0.1) is 0 Å². The van der Waals surface area contributed by atoms with Gasteiger partial charge in [0.25, 0.3) is 0 Å². The molecule has 2 N–H and O–H groups in total. The van der Waals surface area contributed by atoms with Crippen LogP contribution in [-0.4, -0.2) is 10.9 Å². The third-order valence-corrected chi connectivity index (χ3v) is 5.55. The molecule has 0 fully saturated rings. The van der Waals surface area contributed by atoms with E-state index in [4.69, 9.17) is 17.3 Å². The highest BCUT2D eigenvalue weighted by atomic mass is 35.5. The van der Waals surface area contributed by atoms with Gasteiger partial charge in [0.2, 0.25) is 5.91 Å². The van der Waals surface area contributed by atoms with Gasteiger partial charge in [-0.2, -0.15) is 0 Å². The average Bonchev–Trinajstić information content (AvgIpc) is 2.87. The summed E-state index contributed by atoms with van der Waals surface area (Å²) < 4.78 is 1.85. The largest absolute Gasteiger partial charge is 0.368 e. The van der Waals surface area contributed by atoms with E-state index in [2.05, 4.69) is 4.98 Å². The monoisotopic (exact) mass is 334 g/mol. The average molecular weight is 335 g/mol. The molecule has 3 nitrogen and oxygen atoms in total. The highest BCUT2D eigenvalue weighted by molar-refractivity contribution is 8.02. The molecule has 0 unspecified atom stereocenters. The molecule has 1 amide bonds. The number of thiazole rings is 1. The summed E-state index contributed by atoms with van der Waals surface area (Å²) in [7, 11) is 0. The molecule has 0 spiro atoms. The van der Waals surface area contributed by atoms with Gasteiger partial charge >= 0.3 is 0 Å². The number of thioether (sulfide) groups is 1. The number of benzene rings is 2. The molecule has 1 heterocycles. The Morgan fingerprint density at radius 2 is 2.00 bits per heavy atom. The molecule has 0 radical (unpaired) electrons. The Morgan fingerprint density at radius 3 is 2.71 bits per heavy atom. The first-order valence-corrected chi connectivity index (χ1v) is 8.28.